The molecule has 1 fully saturated rings. The Labute approximate surface area is 128 Å². The van der Waals surface area contributed by atoms with E-state index in [0.29, 0.717) is 17.1 Å². The number of rotatable bonds is 4. The molecular formula is C15H22N2O3S. The van der Waals surface area contributed by atoms with Crippen molar-refractivity contribution in [2.75, 3.05) is 19.0 Å². The molecular weight excluding hydrogens is 288 g/mol. The van der Waals surface area contributed by atoms with Crippen LogP contribution in [0, 0.1) is 18.8 Å². The molecule has 0 saturated heterocycles. The zero-order valence-corrected chi connectivity index (χ0v) is 13.3. The number of carbonyl (C=O) groups excluding carboxylic acids is 2. The van der Waals surface area contributed by atoms with Gasteiger partial charge in [0.25, 0.3) is 0 Å². The maximum absolute atomic E-state index is 12.5. The second-order valence-electron chi connectivity index (χ2n) is 5.49. The number of nitrogens with one attached hydrogen (secondary N) is 1. The van der Waals surface area contributed by atoms with E-state index < -0.39 is 5.97 Å². The molecule has 2 atom stereocenters. The third-order valence-electron chi connectivity index (χ3n) is 4.14. The number of aryl methyl sites for hydroxylation is 1. The number of carbonyl (C=O) groups is 2. The lowest BCUT2D eigenvalue weighted by atomic mass is 9.78. The lowest BCUT2D eigenvalue weighted by Gasteiger charge is -2.29. The number of nitrogens with two attached hydrogens (primary N) is 1. The molecule has 2 rings (SSSR count). The Balaban J connectivity index is 2.15. The number of amides is 1. The molecule has 2 unspecified atom stereocenters. The molecule has 0 aliphatic heterocycles. The van der Waals surface area contributed by atoms with E-state index in [2.05, 4.69) is 5.32 Å². The minimum absolute atomic E-state index is 0.0307. The van der Waals surface area contributed by atoms with Crippen molar-refractivity contribution in [1.82, 2.24) is 0 Å². The van der Waals surface area contributed by atoms with Crippen LogP contribution in [-0.4, -0.2) is 25.5 Å². The zero-order valence-electron chi connectivity index (χ0n) is 12.5. The summed E-state index contributed by atoms with van der Waals surface area (Å²) in [5.74, 6) is -0.271. The topological polar surface area (TPSA) is 81.4 Å². The monoisotopic (exact) mass is 310 g/mol. The third kappa shape index (κ3) is 3.44. The first-order chi connectivity index (χ1) is 10.1. The molecule has 1 aliphatic rings. The average Bonchev–Trinajstić information content (AvgIpc) is 2.87. The molecule has 6 heteroatoms. The van der Waals surface area contributed by atoms with E-state index in [0.717, 1.165) is 31.2 Å². The number of anilines is 1. The van der Waals surface area contributed by atoms with Gasteiger partial charge in [0.1, 0.15) is 4.88 Å². The van der Waals surface area contributed by atoms with Crippen molar-refractivity contribution in [2.24, 2.45) is 17.6 Å². The maximum atomic E-state index is 12.5. The van der Waals surface area contributed by atoms with Crippen molar-refractivity contribution in [1.29, 1.82) is 0 Å². The van der Waals surface area contributed by atoms with Crippen LogP contribution in [0.4, 0.5) is 5.69 Å². The Morgan fingerprint density at radius 1 is 1.43 bits per heavy atom. The number of ether oxygens (including phenoxy) is 1. The molecule has 0 spiro atoms. The summed E-state index contributed by atoms with van der Waals surface area (Å²) in [4.78, 5) is 24.7. The van der Waals surface area contributed by atoms with Crippen molar-refractivity contribution in [3.05, 3.63) is 15.8 Å². The van der Waals surface area contributed by atoms with Crippen LogP contribution in [0.5, 0.6) is 0 Å². The third-order valence-corrected chi connectivity index (χ3v) is 5.22. The van der Waals surface area contributed by atoms with Crippen molar-refractivity contribution < 1.29 is 14.3 Å². The summed E-state index contributed by atoms with van der Waals surface area (Å²) in [6.07, 6.45) is 4.06. The minimum Gasteiger partial charge on any atom is -0.465 e. The van der Waals surface area contributed by atoms with E-state index in [1.807, 2.05) is 12.3 Å². The Morgan fingerprint density at radius 3 is 2.81 bits per heavy atom. The van der Waals surface area contributed by atoms with E-state index >= 15 is 0 Å². The van der Waals surface area contributed by atoms with Gasteiger partial charge in [-0.3, -0.25) is 4.79 Å². The van der Waals surface area contributed by atoms with Crippen LogP contribution in [0.25, 0.3) is 0 Å². The van der Waals surface area contributed by atoms with Crippen molar-refractivity contribution in [3.8, 4) is 0 Å². The number of hydrogen-bond donors (Lipinski definition) is 2. The van der Waals surface area contributed by atoms with Crippen molar-refractivity contribution in [2.45, 2.75) is 32.6 Å². The van der Waals surface area contributed by atoms with E-state index in [4.69, 9.17) is 10.5 Å². The molecule has 0 bridgehead atoms. The predicted molar refractivity (Wildman–Crippen MR) is 83.5 cm³/mol. The predicted octanol–water partition coefficient (Wildman–Crippen LogP) is 2.55. The van der Waals surface area contributed by atoms with Crippen LogP contribution in [-0.2, 0) is 9.53 Å². The molecule has 1 amide bonds. The van der Waals surface area contributed by atoms with Gasteiger partial charge in [-0.25, -0.2) is 4.79 Å². The molecule has 0 radical (unpaired) electrons. The Bertz CT molecular complexity index is 527. The van der Waals surface area contributed by atoms with Gasteiger partial charge in [-0.15, -0.1) is 11.3 Å². The smallest absolute Gasteiger partial charge is 0.350 e. The number of hydrogen-bond acceptors (Lipinski definition) is 5. The molecule has 1 saturated carbocycles. The van der Waals surface area contributed by atoms with Gasteiger partial charge in [0, 0.05) is 5.92 Å². The number of methoxy groups -OCH3 is 1. The van der Waals surface area contributed by atoms with Gasteiger partial charge in [-0.05, 0) is 43.2 Å². The SMILES string of the molecule is COC(=O)c1scc(C)c1NC(=O)C1CCCCC1CN. The Kier molecular flexibility index (Phi) is 5.36. The highest BCUT2D eigenvalue weighted by Crippen LogP contribution is 2.33. The molecule has 116 valence electrons. The minimum atomic E-state index is -0.414. The highest BCUT2D eigenvalue weighted by molar-refractivity contribution is 7.12. The fourth-order valence-electron chi connectivity index (χ4n) is 2.89. The van der Waals surface area contributed by atoms with Gasteiger partial charge < -0.3 is 15.8 Å². The average molecular weight is 310 g/mol. The summed E-state index contributed by atoms with van der Waals surface area (Å²) in [6, 6.07) is 0. The molecule has 1 aromatic heterocycles. The van der Waals surface area contributed by atoms with E-state index in [1.165, 1.54) is 18.4 Å². The highest BCUT2D eigenvalue weighted by Gasteiger charge is 2.31. The van der Waals surface area contributed by atoms with E-state index in [-0.39, 0.29) is 17.7 Å². The van der Waals surface area contributed by atoms with Crippen LogP contribution in [0.1, 0.15) is 40.9 Å². The zero-order chi connectivity index (χ0) is 15.4. The van der Waals surface area contributed by atoms with Crippen LogP contribution in [0.15, 0.2) is 5.38 Å². The lowest BCUT2D eigenvalue weighted by Crippen LogP contribution is -2.36. The second-order valence-corrected chi connectivity index (χ2v) is 6.37. The van der Waals surface area contributed by atoms with Gasteiger partial charge in [0.05, 0.1) is 12.8 Å². The molecule has 1 aromatic rings. The van der Waals surface area contributed by atoms with Gasteiger partial charge in [0.15, 0.2) is 0 Å². The summed E-state index contributed by atoms with van der Waals surface area (Å²) in [5, 5.41) is 4.77. The summed E-state index contributed by atoms with van der Waals surface area (Å²) < 4.78 is 4.76. The fraction of sp³-hybridized carbons (Fsp3) is 0.600. The highest BCUT2D eigenvalue weighted by atomic mass is 32.1. The number of esters is 1. The van der Waals surface area contributed by atoms with E-state index in [9.17, 15) is 9.59 Å². The van der Waals surface area contributed by atoms with Crippen LogP contribution < -0.4 is 11.1 Å². The Hall–Kier alpha value is -1.40. The molecule has 5 nitrogen and oxygen atoms in total. The fourth-order valence-corrected chi connectivity index (χ4v) is 3.82. The normalized spacial score (nSPS) is 21.9. The first-order valence-corrected chi connectivity index (χ1v) is 8.13. The summed E-state index contributed by atoms with van der Waals surface area (Å²) in [6.45, 7) is 2.41. The van der Waals surface area contributed by atoms with Gasteiger partial charge >= 0.3 is 5.97 Å². The van der Waals surface area contributed by atoms with Gasteiger partial charge in [-0.2, -0.15) is 0 Å². The maximum Gasteiger partial charge on any atom is 0.350 e. The first kappa shape index (κ1) is 16.0. The van der Waals surface area contributed by atoms with Crippen LogP contribution in [0.2, 0.25) is 0 Å². The molecule has 3 N–H and O–H groups in total. The van der Waals surface area contributed by atoms with Crippen LogP contribution in [0.3, 0.4) is 0 Å². The van der Waals surface area contributed by atoms with Gasteiger partial charge in [-0.1, -0.05) is 12.8 Å². The van der Waals surface area contributed by atoms with E-state index in [1.54, 1.807) is 0 Å². The summed E-state index contributed by atoms with van der Waals surface area (Å²) in [5.41, 5.74) is 7.25. The molecule has 1 aliphatic carbocycles. The second kappa shape index (κ2) is 7.04. The van der Waals surface area contributed by atoms with Gasteiger partial charge in [0.2, 0.25) is 5.91 Å². The Morgan fingerprint density at radius 2 is 2.14 bits per heavy atom. The molecule has 1 heterocycles. The lowest BCUT2D eigenvalue weighted by molar-refractivity contribution is -0.122. The largest absolute Gasteiger partial charge is 0.465 e. The van der Waals surface area contributed by atoms with Crippen molar-refractivity contribution in [3.63, 3.8) is 0 Å². The standard InChI is InChI=1S/C15H22N2O3S/c1-9-8-21-13(15(19)20-2)12(9)17-14(18)11-6-4-3-5-10(11)7-16/h8,10-11H,3-7,16H2,1-2H3,(H,17,18). The number of thiophene rings is 1. The van der Waals surface area contributed by atoms with Crippen LogP contribution >= 0.6 is 11.3 Å². The quantitative estimate of drug-likeness (QED) is 0.837. The summed E-state index contributed by atoms with van der Waals surface area (Å²) >= 11 is 1.29. The van der Waals surface area contributed by atoms with Crippen molar-refractivity contribution >= 4 is 28.9 Å². The molecule has 21 heavy (non-hydrogen) atoms. The molecule has 0 aromatic carbocycles. The first-order valence-electron chi connectivity index (χ1n) is 7.25. The summed E-state index contributed by atoms with van der Waals surface area (Å²) in [7, 11) is 1.34.